The molecule has 5 nitrogen and oxygen atoms in total. The van der Waals surface area contributed by atoms with Gasteiger partial charge < -0.3 is 9.80 Å². The highest BCUT2D eigenvalue weighted by Crippen LogP contribution is 2.25. The van der Waals surface area contributed by atoms with Gasteiger partial charge in [0.15, 0.2) is 0 Å². The molecule has 0 N–H and O–H groups in total. The van der Waals surface area contributed by atoms with E-state index in [1.165, 1.54) is 25.6 Å². The van der Waals surface area contributed by atoms with Gasteiger partial charge in [0.25, 0.3) is 5.91 Å². The highest BCUT2D eigenvalue weighted by molar-refractivity contribution is 5.92. The van der Waals surface area contributed by atoms with Crippen molar-refractivity contribution in [3.63, 3.8) is 0 Å². The zero-order chi connectivity index (χ0) is 17.6. The van der Waals surface area contributed by atoms with Crippen molar-refractivity contribution < 1.29 is 4.79 Å². The van der Waals surface area contributed by atoms with E-state index in [4.69, 9.17) is 0 Å². The predicted octanol–water partition coefficient (Wildman–Crippen LogP) is 3.52. The van der Waals surface area contributed by atoms with Crippen LogP contribution in [0.15, 0.2) is 42.7 Å². The molecule has 1 amide bonds. The summed E-state index contributed by atoms with van der Waals surface area (Å²) in [5.74, 6) is 0.801. The van der Waals surface area contributed by atoms with Crippen molar-refractivity contribution in [2.45, 2.75) is 45.2 Å². The minimum Gasteiger partial charge on any atom is -0.354 e. The second kappa shape index (κ2) is 8.10. The molecule has 0 aliphatic carbocycles. The van der Waals surface area contributed by atoms with Crippen LogP contribution in [0.1, 0.15) is 48.7 Å². The van der Waals surface area contributed by atoms with Gasteiger partial charge >= 0.3 is 0 Å². The van der Waals surface area contributed by atoms with Crippen LogP contribution in [0.3, 0.4) is 0 Å². The van der Waals surface area contributed by atoms with E-state index >= 15 is 0 Å². The predicted molar refractivity (Wildman–Crippen MR) is 99.5 cm³/mol. The Hall–Kier alpha value is -2.43. The summed E-state index contributed by atoms with van der Waals surface area (Å²) in [6.45, 7) is 3.78. The molecule has 25 heavy (non-hydrogen) atoms. The SMILES string of the molecule is CCC1CCCCN1c1cc(C(=O)N(C)Cc2ccccc2)ncn1. The summed E-state index contributed by atoms with van der Waals surface area (Å²) in [5, 5.41) is 0. The number of aromatic nitrogens is 2. The number of carbonyl (C=O) groups excluding carboxylic acids is 1. The van der Waals surface area contributed by atoms with Gasteiger partial charge in [-0.05, 0) is 31.2 Å². The molecule has 0 saturated carbocycles. The average molecular weight is 338 g/mol. The molecule has 1 fully saturated rings. The minimum atomic E-state index is -0.0717. The van der Waals surface area contributed by atoms with E-state index in [9.17, 15) is 4.79 Å². The number of benzene rings is 1. The number of hydrogen-bond donors (Lipinski definition) is 0. The Balaban J connectivity index is 1.75. The zero-order valence-corrected chi connectivity index (χ0v) is 15.1. The van der Waals surface area contributed by atoms with Gasteiger partial charge in [-0.15, -0.1) is 0 Å². The van der Waals surface area contributed by atoms with Gasteiger partial charge in [-0.1, -0.05) is 37.3 Å². The Labute approximate surface area is 149 Å². The van der Waals surface area contributed by atoms with Crippen LogP contribution in [0, 0.1) is 0 Å². The first-order valence-corrected chi connectivity index (χ1v) is 9.07. The maximum atomic E-state index is 12.8. The highest BCUT2D eigenvalue weighted by Gasteiger charge is 2.23. The molecule has 2 aromatic rings. The topological polar surface area (TPSA) is 49.3 Å². The average Bonchev–Trinajstić information content (AvgIpc) is 2.68. The van der Waals surface area contributed by atoms with E-state index in [0.717, 1.165) is 24.3 Å². The van der Waals surface area contributed by atoms with Crippen LogP contribution in [0.4, 0.5) is 5.82 Å². The Kier molecular flexibility index (Phi) is 5.64. The lowest BCUT2D eigenvalue weighted by atomic mass is 10.00. The Bertz CT molecular complexity index is 704. The Morgan fingerprint density at radius 3 is 2.80 bits per heavy atom. The summed E-state index contributed by atoms with van der Waals surface area (Å²) in [7, 11) is 1.81. The molecule has 5 heteroatoms. The largest absolute Gasteiger partial charge is 0.354 e. The lowest BCUT2D eigenvalue weighted by Crippen LogP contribution is -2.40. The lowest BCUT2D eigenvalue weighted by molar-refractivity contribution is 0.0779. The van der Waals surface area contributed by atoms with Crippen molar-refractivity contribution in [3.05, 3.63) is 54.0 Å². The van der Waals surface area contributed by atoms with Gasteiger partial charge in [0, 0.05) is 32.2 Å². The monoisotopic (exact) mass is 338 g/mol. The molecule has 132 valence electrons. The van der Waals surface area contributed by atoms with Gasteiger partial charge in [-0.2, -0.15) is 0 Å². The fraction of sp³-hybridized carbons (Fsp3) is 0.450. The molecule has 1 unspecified atom stereocenters. The van der Waals surface area contributed by atoms with E-state index in [1.807, 2.05) is 43.4 Å². The standard InChI is InChI=1S/C20H26N4O/c1-3-17-11-7-8-12-24(17)19-13-18(21-15-22-19)20(25)23(2)14-16-9-5-4-6-10-16/h4-6,9-10,13,15,17H,3,7-8,11-12,14H2,1-2H3. The maximum absolute atomic E-state index is 12.8. The second-order valence-electron chi connectivity index (χ2n) is 6.66. The number of nitrogens with zero attached hydrogens (tertiary/aromatic N) is 4. The molecule has 1 saturated heterocycles. The number of amides is 1. The maximum Gasteiger partial charge on any atom is 0.272 e. The zero-order valence-electron chi connectivity index (χ0n) is 15.1. The van der Waals surface area contributed by atoms with Crippen molar-refractivity contribution in [1.82, 2.24) is 14.9 Å². The van der Waals surface area contributed by atoms with Gasteiger partial charge in [-0.25, -0.2) is 9.97 Å². The molecule has 1 aromatic heterocycles. The van der Waals surface area contributed by atoms with Crippen LogP contribution in [0.2, 0.25) is 0 Å². The van der Waals surface area contributed by atoms with Crippen LogP contribution in [-0.4, -0.2) is 40.4 Å². The number of anilines is 1. The van der Waals surface area contributed by atoms with Crippen LogP contribution >= 0.6 is 0 Å². The molecule has 1 aromatic carbocycles. The first kappa shape index (κ1) is 17.4. The van der Waals surface area contributed by atoms with E-state index in [2.05, 4.69) is 21.8 Å². The molecule has 0 bridgehead atoms. The third kappa shape index (κ3) is 4.16. The van der Waals surface area contributed by atoms with Crippen molar-refractivity contribution >= 4 is 11.7 Å². The summed E-state index contributed by atoms with van der Waals surface area (Å²) in [5.41, 5.74) is 1.57. The molecule has 1 aliphatic heterocycles. The van der Waals surface area contributed by atoms with Gasteiger partial charge in [0.05, 0.1) is 0 Å². The quantitative estimate of drug-likeness (QED) is 0.837. The van der Waals surface area contributed by atoms with Crippen molar-refractivity contribution in [1.29, 1.82) is 0 Å². The number of piperidine rings is 1. The van der Waals surface area contributed by atoms with Gasteiger partial charge in [-0.3, -0.25) is 4.79 Å². The number of hydrogen-bond acceptors (Lipinski definition) is 4. The molecular formula is C20H26N4O. The van der Waals surface area contributed by atoms with Crippen LogP contribution < -0.4 is 4.90 Å². The van der Waals surface area contributed by atoms with Crippen LogP contribution in [-0.2, 0) is 6.54 Å². The third-order valence-electron chi connectivity index (χ3n) is 4.87. The fourth-order valence-corrected chi connectivity index (χ4v) is 3.47. The van der Waals surface area contributed by atoms with E-state index in [0.29, 0.717) is 18.3 Å². The number of carbonyl (C=O) groups is 1. The molecule has 1 atom stereocenters. The molecule has 0 radical (unpaired) electrons. The summed E-state index contributed by atoms with van der Waals surface area (Å²) in [4.78, 5) is 25.4. The first-order chi connectivity index (χ1) is 12.2. The molecular weight excluding hydrogens is 312 g/mol. The van der Waals surface area contributed by atoms with Gasteiger partial charge in [0.2, 0.25) is 0 Å². The minimum absolute atomic E-state index is 0.0717. The van der Waals surface area contributed by atoms with Crippen LogP contribution in [0.5, 0.6) is 0 Å². The summed E-state index contributed by atoms with van der Waals surface area (Å²) < 4.78 is 0. The molecule has 0 spiro atoms. The first-order valence-electron chi connectivity index (χ1n) is 9.07. The normalized spacial score (nSPS) is 17.4. The fourth-order valence-electron chi connectivity index (χ4n) is 3.47. The van der Waals surface area contributed by atoms with E-state index in [1.54, 1.807) is 4.90 Å². The summed E-state index contributed by atoms with van der Waals surface area (Å²) in [6.07, 6.45) is 6.25. The lowest BCUT2D eigenvalue weighted by Gasteiger charge is -2.36. The second-order valence-corrected chi connectivity index (χ2v) is 6.66. The summed E-state index contributed by atoms with van der Waals surface area (Å²) in [6, 6.07) is 12.3. The van der Waals surface area contributed by atoms with Crippen molar-refractivity contribution in [2.24, 2.45) is 0 Å². The molecule has 3 rings (SSSR count). The Morgan fingerprint density at radius 1 is 1.24 bits per heavy atom. The van der Waals surface area contributed by atoms with Crippen molar-refractivity contribution in [3.8, 4) is 0 Å². The van der Waals surface area contributed by atoms with Crippen molar-refractivity contribution in [2.75, 3.05) is 18.5 Å². The Morgan fingerprint density at radius 2 is 2.04 bits per heavy atom. The summed E-state index contributed by atoms with van der Waals surface area (Å²) >= 11 is 0. The smallest absolute Gasteiger partial charge is 0.272 e. The highest BCUT2D eigenvalue weighted by atomic mass is 16.2. The molecule has 2 heterocycles. The van der Waals surface area contributed by atoms with Gasteiger partial charge in [0.1, 0.15) is 17.8 Å². The number of rotatable bonds is 5. The van der Waals surface area contributed by atoms with Crippen LogP contribution in [0.25, 0.3) is 0 Å². The molecule has 1 aliphatic rings. The van der Waals surface area contributed by atoms with E-state index in [-0.39, 0.29) is 5.91 Å². The third-order valence-corrected chi connectivity index (χ3v) is 4.87. The van der Waals surface area contributed by atoms with E-state index < -0.39 is 0 Å².